The lowest BCUT2D eigenvalue weighted by Gasteiger charge is -2.30. The molecular formula is C19H25NO3. The van der Waals surface area contributed by atoms with Gasteiger partial charge in [-0.15, -0.1) is 0 Å². The van der Waals surface area contributed by atoms with Crippen molar-refractivity contribution >= 4 is 17.2 Å². The first kappa shape index (κ1) is 17.3. The van der Waals surface area contributed by atoms with Crippen molar-refractivity contribution in [1.29, 1.82) is 0 Å². The Hall–Kier alpha value is -2.10. The van der Waals surface area contributed by atoms with E-state index in [2.05, 4.69) is 4.99 Å². The topological polar surface area (TPSA) is 58.9 Å². The summed E-state index contributed by atoms with van der Waals surface area (Å²) >= 11 is 0. The van der Waals surface area contributed by atoms with Crippen LogP contribution in [0.2, 0.25) is 0 Å². The van der Waals surface area contributed by atoms with Crippen molar-refractivity contribution in [3.05, 3.63) is 35.6 Å². The third-order valence-electron chi connectivity index (χ3n) is 3.96. The molecule has 0 heterocycles. The molecule has 23 heavy (non-hydrogen) atoms. The Morgan fingerprint density at radius 2 is 1.91 bits per heavy atom. The van der Waals surface area contributed by atoms with E-state index >= 15 is 0 Å². The average Bonchev–Trinajstić information content (AvgIpc) is 2.46. The highest BCUT2D eigenvalue weighted by Gasteiger charge is 2.34. The Labute approximate surface area is 137 Å². The highest BCUT2D eigenvalue weighted by Crippen LogP contribution is 2.37. The molecule has 0 spiro atoms. The predicted molar refractivity (Wildman–Crippen MR) is 92.7 cm³/mol. The van der Waals surface area contributed by atoms with Gasteiger partial charge in [0.05, 0.1) is 24.1 Å². The molecule has 0 unspecified atom stereocenters. The SMILES string of the molecule is CCCC(=Nc1ccc(OC)cc1)C1=C(O)CC(C)(C)CC1=O. The van der Waals surface area contributed by atoms with Gasteiger partial charge in [0.15, 0.2) is 5.78 Å². The molecule has 0 aliphatic heterocycles. The number of ketones is 1. The van der Waals surface area contributed by atoms with Gasteiger partial charge in [0.1, 0.15) is 11.5 Å². The lowest BCUT2D eigenvalue weighted by molar-refractivity contribution is -0.117. The van der Waals surface area contributed by atoms with Gasteiger partial charge in [-0.2, -0.15) is 0 Å². The Bertz CT molecular complexity index is 639. The number of hydrogen-bond acceptors (Lipinski definition) is 4. The number of ether oxygens (including phenoxy) is 1. The van der Waals surface area contributed by atoms with E-state index in [9.17, 15) is 9.90 Å². The van der Waals surface area contributed by atoms with Crippen LogP contribution < -0.4 is 4.74 Å². The lowest BCUT2D eigenvalue weighted by atomic mass is 9.75. The van der Waals surface area contributed by atoms with Gasteiger partial charge < -0.3 is 9.84 Å². The zero-order chi connectivity index (χ0) is 17.0. The molecule has 1 aromatic rings. The number of allylic oxidation sites excluding steroid dienone is 2. The number of carbonyl (C=O) groups excluding carboxylic acids is 1. The summed E-state index contributed by atoms with van der Waals surface area (Å²) in [5.74, 6) is 0.921. The molecule has 0 amide bonds. The van der Waals surface area contributed by atoms with Gasteiger partial charge in [0.2, 0.25) is 0 Å². The van der Waals surface area contributed by atoms with Crippen LogP contribution in [0.1, 0.15) is 46.5 Å². The van der Waals surface area contributed by atoms with Crippen molar-refractivity contribution in [2.75, 3.05) is 7.11 Å². The highest BCUT2D eigenvalue weighted by molar-refractivity contribution is 6.23. The minimum Gasteiger partial charge on any atom is -0.511 e. The maximum atomic E-state index is 12.5. The van der Waals surface area contributed by atoms with Crippen molar-refractivity contribution in [3.8, 4) is 5.75 Å². The van der Waals surface area contributed by atoms with Crippen LogP contribution in [0.3, 0.4) is 0 Å². The minimum atomic E-state index is -0.192. The number of nitrogens with zero attached hydrogens (tertiary/aromatic N) is 1. The van der Waals surface area contributed by atoms with E-state index in [4.69, 9.17) is 4.74 Å². The second-order valence-corrected chi connectivity index (χ2v) is 6.77. The number of aliphatic imine (C=N–C) groups is 1. The monoisotopic (exact) mass is 315 g/mol. The summed E-state index contributed by atoms with van der Waals surface area (Å²) in [7, 11) is 1.62. The maximum Gasteiger partial charge on any atom is 0.168 e. The summed E-state index contributed by atoms with van der Waals surface area (Å²) in [5.41, 5.74) is 1.66. The molecule has 1 N–H and O–H groups in total. The van der Waals surface area contributed by atoms with Gasteiger partial charge in [0.25, 0.3) is 0 Å². The van der Waals surface area contributed by atoms with Crippen LogP contribution in [-0.2, 0) is 4.79 Å². The summed E-state index contributed by atoms with van der Waals surface area (Å²) in [6.45, 7) is 6.04. The Morgan fingerprint density at radius 3 is 2.43 bits per heavy atom. The second-order valence-electron chi connectivity index (χ2n) is 6.77. The third-order valence-corrected chi connectivity index (χ3v) is 3.96. The molecule has 0 saturated carbocycles. The van der Waals surface area contributed by atoms with Crippen LogP contribution >= 0.6 is 0 Å². The number of benzene rings is 1. The normalized spacial score (nSPS) is 18.3. The Morgan fingerprint density at radius 1 is 1.26 bits per heavy atom. The van der Waals surface area contributed by atoms with Gasteiger partial charge in [0, 0.05) is 12.8 Å². The Kier molecular flexibility index (Phi) is 5.24. The summed E-state index contributed by atoms with van der Waals surface area (Å²) in [5, 5.41) is 10.4. The summed E-state index contributed by atoms with van der Waals surface area (Å²) < 4.78 is 5.14. The molecule has 0 atom stereocenters. The van der Waals surface area contributed by atoms with E-state index in [0.717, 1.165) is 17.9 Å². The first-order valence-electron chi connectivity index (χ1n) is 8.03. The van der Waals surface area contributed by atoms with Crippen molar-refractivity contribution in [3.63, 3.8) is 0 Å². The third kappa shape index (κ3) is 4.21. The van der Waals surface area contributed by atoms with Crippen LogP contribution in [0.4, 0.5) is 5.69 Å². The van der Waals surface area contributed by atoms with E-state index < -0.39 is 0 Å². The largest absolute Gasteiger partial charge is 0.511 e. The first-order chi connectivity index (χ1) is 10.9. The van der Waals surface area contributed by atoms with Gasteiger partial charge in [-0.3, -0.25) is 9.79 Å². The van der Waals surface area contributed by atoms with Crippen LogP contribution in [0.5, 0.6) is 5.75 Å². The number of Topliss-reactive ketones (excluding diaryl/α,β-unsaturated/α-hetero) is 1. The zero-order valence-corrected chi connectivity index (χ0v) is 14.3. The van der Waals surface area contributed by atoms with Crippen molar-refractivity contribution < 1.29 is 14.6 Å². The fourth-order valence-electron chi connectivity index (χ4n) is 2.90. The summed E-state index contributed by atoms with van der Waals surface area (Å²) in [6.07, 6.45) is 2.48. The second kappa shape index (κ2) is 6.99. The molecule has 1 aliphatic rings. The van der Waals surface area contributed by atoms with E-state index in [-0.39, 0.29) is 17.0 Å². The molecule has 0 fully saturated rings. The van der Waals surface area contributed by atoms with Gasteiger partial charge in [-0.05, 0) is 36.1 Å². The molecule has 4 nitrogen and oxygen atoms in total. The minimum absolute atomic E-state index is 0.0144. The van der Waals surface area contributed by atoms with Gasteiger partial charge >= 0.3 is 0 Å². The first-order valence-corrected chi connectivity index (χ1v) is 8.03. The quantitative estimate of drug-likeness (QED) is 0.796. The molecule has 0 radical (unpaired) electrons. The Balaban J connectivity index is 2.40. The zero-order valence-electron chi connectivity index (χ0n) is 14.3. The van der Waals surface area contributed by atoms with Gasteiger partial charge in [-0.1, -0.05) is 27.2 Å². The van der Waals surface area contributed by atoms with Crippen LogP contribution in [0.15, 0.2) is 40.6 Å². The van der Waals surface area contributed by atoms with Crippen LogP contribution in [0, 0.1) is 5.41 Å². The number of carbonyl (C=O) groups is 1. The maximum absolute atomic E-state index is 12.5. The molecule has 4 heteroatoms. The summed E-state index contributed by atoms with van der Waals surface area (Å²) in [4.78, 5) is 17.1. The van der Waals surface area contributed by atoms with E-state index in [0.29, 0.717) is 30.5 Å². The predicted octanol–water partition coefficient (Wildman–Crippen LogP) is 4.77. The van der Waals surface area contributed by atoms with Crippen LogP contribution in [0.25, 0.3) is 0 Å². The standard InChI is InChI=1S/C19H25NO3/c1-5-6-15(20-13-7-9-14(23-4)10-8-13)18-16(21)11-19(2,3)12-17(18)22/h7-10,21H,5-6,11-12H2,1-4H3. The molecular weight excluding hydrogens is 290 g/mol. The van der Waals surface area contributed by atoms with Gasteiger partial charge in [-0.25, -0.2) is 0 Å². The average molecular weight is 315 g/mol. The molecule has 1 aliphatic carbocycles. The van der Waals surface area contributed by atoms with Crippen molar-refractivity contribution in [1.82, 2.24) is 0 Å². The molecule has 0 bridgehead atoms. The van der Waals surface area contributed by atoms with Crippen molar-refractivity contribution in [2.24, 2.45) is 10.4 Å². The molecule has 0 saturated heterocycles. The van der Waals surface area contributed by atoms with E-state index in [1.807, 2.05) is 45.0 Å². The smallest absolute Gasteiger partial charge is 0.168 e. The molecule has 1 aromatic carbocycles. The van der Waals surface area contributed by atoms with E-state index in [1.165, 1.54) is 0 Å². The lowest BCUT2D eigenvalue weighted by Crippen LogP contribution is -2.29. The van der Waals surface area contributed by atoms with Crippen LogP contribution in [-0.4, -0.2) is 23.7 Å². The fraction of sp³-hybridized carbons (Fsp3) is 0.474. The number of aliphatic hydroxyl groups excluding tert-OH is 1. The number of rotatable bonds is 5. The number of hydrogen-bond donors (Lipinski definition) is 1. The fourth-order valence-corrected chi connectivity index (χ4v) is 2.90. The summed E-state index contributed by atoms with van der Waals surface area (Å²) in [6, 6.07) is 7.37. The van der Waals surface area contributed by atoms with E-state index in [1.54, 1.807) is 7.11 Å². The molecule has 0 aromatic heterocycles. The van der Waals surface area contributed by atoms with Crippen molar-refractivity contribution in [2.45, 2.75) is 46.5 Å². The molecule has 124 valence electrons. The number of aliphatic hydroxyl groups is 1. The highest BCUT2D eigenvalue weighted by atomic mass is 16.5. The number of methoxy groups -OCH3 is 1. The molecule has 2 rings (SSSR count).